The van der Waals surface area contributed by atoms with Gasteiger partial charge in [-0.2, -0.15) is 0 Å². The van der Waals surface area contributed by atoms with E-state index in [-0.39, 0.29) is 12.7 Å². The highest BCUT2D eigenvalue weighted by atomic mass is 32.2. The Morgan fingerprint density at radius 2 is 1.90 bits per heavy atom. The lowest BCUT2D eigenvalue weighted by molar-refractivity contribution is 0.0897. The molecule has 1 N–H and O–H groups in total. The number of hydrogen-bond acceptors (Lipinski definition) is 4. The molecule has 0 radical (unpaired) electrons. The number of nitrogens with zero attached hydrogens (tertiary/aromatic N) is 1. The number of hydrogen-bond donors (Lipinski definition) is 1. The third-order valence-corrected chi connectivity index (χ3v) is 5.55. The van der Waals surface area contributed by atoms with Gasteiger partial charge in [0.15, 0.2) is 0 Å². The first kappa shape index (κ1) is 15.8. The second-order valence-corrected chi connectivity index (χ2v) is 7.14. The average molecular weight is 312 g/mol. The molecule has 21 heavy (non-hydrogen) atoms. The van der Waals surface area contributed by atoms with Gasteiger partial charge in [0.25, 0.3) is 0 Å². The Bertz CT molecular complexity index is 566. The Kier molecular flexibility index (Phi) is 5.19. The molecule has 0 aliphatic carbocycles. The van der Waals surface area contributed by atoms with Crippen LogP contribution in [0.5, 0.6) is 0 Å². The van der Waals surface area contributed by atoms with Crippen molar-refractivity contribution in [2.24, 2.45) is 0 Å². The third kappa shape index (κ3) is 4.18. The molecule has 2 rings (SSSR count). The summed E-state index contributed by atoms with van der Waals surface area (Å²) in [6.45, 7) is 1.03. The molecule has 1 fully saturated rings. The van der Waals surface area contributed by atoms with Crippen molar-refractivity contribution >= 4 is 16.1 Å². The minimum atomic E-state index is -3.25. The number of piperidine rings is 1. The highest BCUT2D eigenvalue weighted by molar-refractivity contribution is 7.90. The van der Waals surface area contributed by atoms with Crippen molar-refractivity contribution < 1.29 is 17.9 Å². The quantitative estimate of drug-likeness (QED) is 0.910. The van der Waals surface area contributed by atoms with Crippen LogP contribution in [0.3, 0.4) is 0 Å². The number of benzene rings is 1. The maximum atomic E-state index is 11.9. The van der Waals surface area contributed by atoms with Crippen LogP contribution < -0.4 is 4.72 Å². The van der Waals surface area contributed by atoms with E-state index in [9.17, 15) is 13.2 Å². The zero-order valence-electron chi connectivity index (χ0n) is 12.0. The first-order valence-corrected chi connectivity index (χ1v) is 8.45. The maximum absolute atomic E-state index is 11.9. The number of sulfonamides is 1. The van der Waals surface area contributed by atoms with Crippen LogP contribution in [0.2, 0.25) is 0 Å². The molecule has 0 bridgehead atoms. The van der Waals surface area contributed by atoms with Crippen LogP contribution >= 0.6 is 0 Å². The normalized spacial score (nSPS) is 16.7. The fourth-order valence-electron chi connectivity index (χ4n) is 2.33. The third-order valence-electron chi connectivity index (χ3n) is 3.63. The van der Waals surface area contributed by atoms with Gasteiger partial charge in [-0.1, -0.05) is 30.3 Å². The minimum Gasteiger partial charge on any atom is -0.445 e. The smallest absolute Gasteiger partial charge is 0.410 e. The van der Waals surface area contributed by atoms with Gasteiger partial charge in [0, 0.05) is 13.1 Å². The second kappa shape index (κ2) is 6.91. The fraction of sp³-hybridized carbons (Fsp3) is 0.500. The maximum Gasteiger partial charge on any atom is 0.410 e. The molecule has 7 heteroatoms. The molecular weight excluding hydrogens is 292 g/mol. The van der Waals surface area contributed by atoms with Gasteiger partial charge in [0.1, 0.15) is 6.61 Å². The molecule has 0 atom stereocenters. The van der Waals surface area contributed by atoms with Crippen LogP contribution in [0.25, 0.3) is 0 Å². The number of amides is 1. The van der Waals surface area contributed by atoms with Crippen molar-refractivity contribution in [1.29, 1.82) is 0 Å². The summed E-state index contributed by atoms with van der Waals surface area (Å²) in [6.07, 6.45) is 0.479. The van der Waals surface area contributed by atoms with Crippen molar-refractivity contribution in [2.45, 2.75) is 24.7 Å². The Morgan fingerprint density at radius 1 is 1.29 bits per heavy atom. The summed E-state index contributed by atoms with van der Waals surface area (Å²) in [6, 6.07) is 9.45. The number of carbonyl (C=O) groups is 1. The van der Waals surface area contributed by atoms with Gasteiger partial charge in [0.05, 0.1) is 5.25 Å². The Morgan fingerprint density at radius 3 is 2.48 bits per heavy atom. The number of ether oxygens (including phenoxy) is 1. The first-order chi connectivity index (χ1) is 10.0. The Balaban J connectivity index is 1.81. The van der Waals surface area contributed by atoms with Gasteiger partial charge in [-0.3, -0.25) is 0 Å². The zero-order chi connectivity index (χ0) is 15.3. The van der Waals surface area contributed by atoms with Crippen molar-refractivity contribution in [3.8, 4) is 0 Å². The highest BCUT2D eigenvalue weighted by Crippen LogP contribution is 2.17. The molecule has 1 heterocycles. The number of nitrogens with one attached hydrogen (secondary N) is 1. The molecule has 1 amide bonds. The van der Waals surface area contributed by atoms with Crippen LogP contribution in [0, 0.1) is 0 Å². The van der Waals surface area contributed by atoms with E-state index in [1.54, 1.807) is 4.90 Å². The van der Waals surface area contributed by atoms with Crippen molar-refractivity contribution in [3.05, 3.63) is 35.9 Å². The molecular formula is C14H20N2O4S. The van der Waals surface area contributed by atoms with Crippen LogP contribution in [0.15, 0.2) is 30.3 Å². The number of likely N-dealkylation sites (tertiary alicyclic amines) is 1. The molecule has 0 saturated carbocycles. The van der Waals surface area contributed by atoms with E-state index in [1.807, 2.05) is 30.3 Å². The molecule has 1 aliphatic rings. The van der Waals surface area contributed by atoms with E-state index in [0.29, 0.717) is 25.9 Å². The molecule has 1 aromatic carbocycles. The SMILES string of the molecule is CNS(=O)(=O)C1CCN(C(=O)OCc2ccccc2)CC1. The summed E-state index contributed by atoms with van der Waals surface area (Å²) in [5.41, 5.74) is 0.929. The van der Waals surface area contributed by atoms with E-state index in [1.165, 1.54) is 7.05 Å². The van der Waals surface area contributed by atoms with Crippen LogP contribution in [0.1, 0.15) is 18.4 Å². The predicted octanol–water partition coefficient (Wildman–Crippen LogP) is 1.34. The van der Waals surface area contributed by atoms with Gasteiger partial charge in [-0.25, -0.2) is 17.9 Å². The standard InChI is InChI=1S/C14H20N2O4S/c1-15-21(18,19)13-7-9-16(10-8-13)14(17)20-11-12-5-3-2-4-6-12/h2-6,13,15H,7-11H2,1H3. The van der Waals surface area contributed by atoms with E-state index in [2.05, 4.69) is 4.72 Å². The summed E-state index contributed by atoms with van der Waals surface area (Å²) in [7, 11) is -1.84. The topological polar surface area (TPSA) is 75.7 Å². The molecule has 0 spiro atoms. The molecule has 1 aromatic rings. The summed E-state index contributed by atoms with van der Waals surface area (Å²) in [4.78, 5) is 13.5. The van der Waals surface area contributed by atoms with Gasteiger partial charge in [-0.05, 0) is 25.5 Å². The van der Waals surface area contributed by atoms with Crippen LogP contribution in [-0.2, 0) is 21.4 Å². The van der Waals surface area contributed by atoms with Crippen molar-refractivity contribution in [2.75, 3.05) is 20.1 Å². The van der Waals surface area contributed by atoms with E-state index < -0.39 is 15.3 Å². The van der Waals surface area contributed by atoms with Gasteiger partial charge in [0.2, 0.25) is 10.0 Å². The molecule has 6 nitrogen and oxygen atoms in total. The second-order valence-electron chi connectivity index (χ2n) is 4.98. The highest BCUT2D eigenvalue weighted by Gasteiger charge is 2.31. The largest absolute Gasteiger partial charge is 0.445 e. The first-order valence-electron chi connectivity index (χ1n) is 6.91. The molecule has 1 saturated heterocycles. The lowest BCUT2D eigenvalue weighted by Crippen LogP contribution is -2.45. The predicted molar refractivity (Wildman–Crippen MR) is 79.2 cm³/mol. The summed E-state index contributed by atoms with van der Waals surface area (Å²) in [5.74, 6) is 0. The van der Waals surface area contributed by atoms with Crippen molar-refractivity contribution in [1.82, 2.24) is 9.62 Å². The van der Waals surface area contributed by atoms with Crippen molar-refractivity contribution in [3.63, 3.8) is 0 Å². The Labute approximate surface area is 125 Å². The minimum absolute atomic E-state index is 0.231. The summed E-state index contributed by atoms with van der Waals surface area (Å²) in [5, 5.41) is -0.430. The van der Waals surface area contributed by atoms with Gasteiger partial charge in [-0.15, -0.1) is 0 Å². The average Bonchev–Trinajstić information content (AvgIpc) is 2.53. The summed E-state index contributed by atoms with van der Waals surface area (Å²) < 4.78 is 31.0. The van der Waals surface area contributed by atoms with E-state index in [0.717, 1.165) is 5.56 Å². The Hall–Kier alpha value is -1.60. The van der Waals surface area contributed by atoms with Gasteiger partial charge < -0.3 is 9.64 Å². The summed E-state index contributed by atoms with van der Waals surface area (Å²) >= 11 is 0. The fourth-order valence-corrected chi connectivity index (χ4v) is 3.49. The molecule has 0 aromatic heterocycles. The van der Waals surface area contributed by atoms with E-state index in [4.69, 9.17) is 4.74 Å². The van der Waals surface area contributed by atoms with Gasteiger partial charge >= 0.3 is 6.09 Å². The molecule has 0 unspecified atom stereocenters. The van der Waals surface area contributed by atoms with E-state index >= 15 is 0 Å². The number of carbonyl (C=O) groups excluding carboxylic acids is 1. The molecule has 1 aliphatic heterocycles. The monoisotopic (exact) mass is 312 g/mol. The zero-order valence-corrected chi connectivity index (χ0v) is 12.8. The molecule has 116 valence electrons. The lowest BCUT2D eigenvalue weighted by Gasteiger charge is -2.30. The number of rotatable bonds is 4. The lowest BCUT2D eigenvalue weighted by atomic mass is 10.1. The van der Waals surface area contributed by atoms with Crippen LogP contribution in [-0.4, -0.2) is 44.8 Å². The van der Waals surface area contributed by atoms with Crippen LogP contribution in [0.4, 0.5) is 4.79 Å².